The lowest BCUT2D eigenvalue weighted by Gasteiger charge is -2.17. The Morgan fingerprint density at radius 1 is 1.42 bits per heavy atom. The lowest BCUT2D eigenvalue weighted by Crippen LogP contribution is -2.13. The van der Waals surface area contributed by atoms with E-state index in [0.717, 1.165) is 17.9 Å². The van der Waals surface area contributed by atoms with Gasteiger partial charge in [-0.05, 0) is 65.5 Å². The number of hydrogen-bond donors (Lipinski definition) is 0. The van der Waals surface area contributed by atoms with Gasteiger partial charge >= 0.3 is 0 Å². The molecule has 0 saturated heterocycles. The van der Waals surface area contributed by atoms with Crippen LogP contribution in [-0.4, -0.2) is 9.55 Å². The lowest BCUT2D eigenvalue weighted by molar-refractivity contribution is 0.389. The smallest absolute Gasteiger partial charge is 0.124 e. The highest BCUT2D eigenvalue weighted by molar-refractivity contribution is 14.1. The molecule has 102 valence electrons. The zero-order chi connectivity index (χ0) is 13.5. The zero-order valence-corrected chi connectivity index (χ0v) is 14.0. The second kappa shape index (κ2) is 5.24. The van der Waals surface area contributed by atoms with Gasteiger partial charge in [0.15, 0.2) is 0 Å². The molecule has 1 fully saturated rings. The van der Waals surface area contributed by atoms with Crippen molar-refractivity contribution in [3.05, 3.63) is 27.6 Å². The third kappa shape index (κ3) is 2.64. The molecule has 3 rings (SSSR count). The molecule has 1 saturated carbocycles. The number of benzene rings is 1. The van der Waals surface area contributed by atoms with E-state index >= 15 is 0 Å². The van der Waals surface area contributed by atoms with Crippen LogP contribution in [0, 0.1) is 8.99 Å². The van der Waals surface area contributed by atoms with Crippen molar-refractivity contribution in [2.24, 2.45) is 5.41 Å². The Kier molecular flexibility index (Phi) is 3.78. The van der Waals surface area contributed by atoms with Gasteiger partial charge in [-0.1, -0.05) is 13.3 Å². The maximum Gasteiger partial charge on any atom is 0.124 e. The summed E-state index contributed by atoms with van der Waals surface area (Å²) in [6, 6.07) is 6.47. The summed E-state index contributed by atoms with van der Waals surface area (Å²) < 4.78 is 3.58. The molecule has 2 aromatic rings. The summed E-state index contributed by atoms with van der Waals surface area (Å²) in [6.07, 6.45) is 5.29. The average molecular weight is 389 g/mol. The molecule has 0 spiro atoms. The van der Waals surface area contributed by atoms with Crippen molar-refractivity contribution in [2.45, 2.75) is 45.0 Å². The van der Waals surface area contributed by atoms with Gasteiger partial charge in [-0.3, -0.25) is 0 Å². The summed E-state index contributed by atoms with van der Waals surface area (Å²) in [5, 5.41) is 0. The van der Waals surface area contributed by atoms with E-state index < -0.39 is 0 Å². The molecule has 1 aromatic heterocycles. The third-order valence-corrected chi connectivity index (χ3v) is 5.05. The average Bonchev–Trinajstić information content (AvgIpc) is 3.06. The SMILES string of the molecule is CCCC1(Cn2c(CCl)nc3cc(I)ccc32)CC1. The van der Waals surface area contributed by atoms with Crippen molar-refractivity contribution in [1.82, 2.24) is 9.55 Å². The molecule has 2 nitrogen and oxygen atoms in total. The number of fused-ring (bicyclic) bond motifs is 1. The van der Waals surface area contributed by atoms with Crippen LogP contribution >= 0.6 is 34.2 Å². The van der Waals surface area contributed by atoms with Crippen LogP contribution in [0.3, 0.4) is 0 Å². The largest absolute Gasteiger partial charge is 0.326 e. The summed E-state index contributed by atoms with van der Waals surface area (Å²) >= 11 is 8.42. The van der Waals surface area contributed by atoms with E-state index in [4.69, 9.17) is 16.6 Å². The Hall–Kier alpha value is -0.290. The van der Waals surface area contributed by atoms with Gasteiger partial charge in [-0.25, -0.2) is 4.98 Å². The molecule has 1 aliphatic carbocycles. The summed E-state index contributed by atoms with van der Waals surface area (Å²) in [6.45, 7) is 3.36. The van der Waals surface area contributed by atoms with Crippen molar-refractivity contribution in [1.29, 1.82) is 0 Å². The van der Waals surface area contributed by atoms with Crippen molar-refractivity contribution in [2.75, 3.05) is 0 Å². The number of alkyl halides is 1. The summed E-state index contributed by atoms with van der Waals surface area (Å²) in [5.74, 6) is 1.51. The van der Waals surface area contributed by atoms with Crippen molar-refractivity contribution < 1.29 is 0 Å². The van der Waals surface area contributed by atoms with Crippen LogP contribution in [0.4, 0.5) is 0 Å². The standard InChI is InChI=1S/C15H18ClIN2/c1-2-5-15(6-7-15)10-19-13-4-3-11(17)8-12(13)18-14(19)9-16/h3-4,8H,2,5-7,9-10H2,1H3. The predicted octanol–water partition coefficient (Wildman–Crippen LogP) is 4.96. The number of hydrogen-bond acceptors (Lipinski definition) is 1. The molecule has 0 radical (unpaired) electrons. The van der Waals surface area contributed by atoms with E-state index in [0.29, 0.717) is 11.3 Å². The second-order valence-electron chi connectivity index (χ2n) is 5.63. The minimum absolute atomic E-state index is 0.494. The van der Waals surface area contributed by atoms with Crippen molar-refractivity contribution >= 4 is 45.2 Å². The molecule has 0 N–H and O–H groups in total. The quantitative estimate of drug-likeness (QED) is 0.523. The van der Waals surface area contributed by atoms with Gasteiger partial charge < -0.3 is 4.57 Å². The fraction of sp³-hybridized carbons (Fsp3) is 0.533. The van der Waals surface area contributed by atoms with Crippen molar-refractivity contribution in [3.63, 3.8) is 0 Å². The monoisotopic (exact) mass is 388 g/mol. The summed E-state index contributed by atoms with van der Waals surface area (Å²) in [5.41, 5.74) is 2.83. The Morgan fingerprint density at radius 2 is 2.21 bits per heavy atom. The van der Waals surface area contributed by atoms with Crippen LogP contribution in [0.2, 0.25) is 0 Å². The minimum atomic E-state index is 0.494. The zero-order valence-electron chi connectivity index (χ0n) is 11.1. The first-order chi connectivity index (χ1) is 9.17. The van der Waals surface area contributed by atoms with Gasteiger partial charge in [-0.2, -0.15) is 0 Å². The fourth-order valence-corrected chi connectivity index (χ4v) is 3.64. The van der Waals surface area contributed by atoms with Gasteiger partial charge in [0.2, 0.25) is 0 Å². The first-order valence-electron chi connectivity index (χ1n) is 6.88. The van der Waals surface area contributed by atoms with Crippen molar-refractivity contribution in [3.8, 4) is 0 Å². The van der Waals surface area contributed by atoms with Gasteiger partial charge in [0, 0.05) is 10.1 Å². The topological polar surface area (TPSA) is 17.8 Å². The maximum atomic E-state index is 6.08. The minimum Gasteiger partial charge on any atom is -0.326 e. The molecule has 0 amide bonds. The molecule has 1 aromatic carbocycles. The van der Waals surface area contributed by atoms with E-state index in [1.807, 2.05) is 0 Å². The van der Waals surface area contributed by atoms with Crippen LogP contribution in [0.1, 0.15) is 38.4 Å². The molecule has 19 heavy (non-hydrogen) atoms. The first-order valence-corrected chi connectivity index (χ1v) is 8.49. The van der Waals surface area contributed by atoms with E-state index in [9.17, 15) is 0 Å². The lowest BCUT2D eigenvalue weighted by atomic mass is 10.0. The van der Waals surface area contributed by atoms with Crippen LogP contribution in [0.15, 0.2) is 18.2 Å². The third-order valence-electron chi connectivity index (χ3n) is 4.14. The summed E-state index contributed by atoms with van der Waals surface area (Å²) in [4.78, 5) is 4.69. The normalized spacial score (nSPS) is 17.0. The molecular weight excluding hydrogens is 371 g/mol. The highest BCUT2D eigenvalue weighted by atomic mass is 127. The Morgan fingerprint density at radius 3 is 2.84 bits per heavy atom. The Bertz CT molecular complexity index is 601. The number of nitrogens with zero attached hydrogens (tertiary/aromatic N) is 2. The van der Waals surface area contributed by atoms with Crippen LogP contribution in [0.25, 0.3) is 11.0 Å². The highest BCUT2D eigenvalue weighted by Crippen LogP contribution is 2.51. The molecule has 0 aliphatic heterocycles. The second-order valence-corrected chi connectivity index (χ2v) is 7.14. The molecule has 0 bridgehead atoms. The predicted molar refractivity (Wildman–Crippen MR) is 88.6 cm³/mol. The summed E-state index contributed by atoms with van der Waals surface area (Å²) in [7, 11) is 0. The van der Waals surface area contributed by atoms with E-state index in [1.54, 1.807) is 0 Å². The fourth-order valence-electron chi connectivity index (χ4n) is 2.96. The first kappa shape index (κ1) is 13.7. The highest BCUT2D eigenvalue weighted by Gasteiger charge is 2.42. The van der Waals surface area contributed by atoms with Gasteiger partial charge in [0.1, 0.15) is 5.82 Å². The Labute approximate surface area is 132 Å². The molecular formula is C15H18ClIN2. The number of imidazole rings is 1. The number of halogens is 2. The molecule has 1 heterocycles. The molecule has 1 aliphatic rings. The van der Waals surface area contributed by atoms with Gasteiger partial charge in [-0.15, -0.1) is 11.6 Å². The molecule has 4 heteroatoms. The van der Waals surface area contributed by atoms with E-state index in [2.05, 4.69) is 52.3 Å². The molecule has 0 atom stereocenters. The van der Waals surface area contributed by atoms with Gasteiger partial charge in [0.05, 0.1) is 16.9 Å². The van der Waals surface area contributed by atoms with Crippen LogP contribution < -0.4 is 0 Å². The Balaban J connectivity index is 2.01. The van der Waals surface area contributed by atoms with E-state index in [1.165, 1.54) is 34.8 Å². The van der Waals surface area contributed by atoms with Crippen LogP contribution in [-0.2, 0) is 12.4 Å². The maximum absolute atomic E-state index is 6.08. The number of aromatic nitrogens is 2. The van der Waals surface area contributed by atoms with Gasteiger partial charge in [0.25, 0.3) is 0 Å². The van der Waals surface area contributed by atoms with E-state index in [-0.39, 0.29) is 0 Å². The van der Waals surface area contributed by atoms with Crippen LogP contribution in [0.5, 0.6) is 0 Å². The number of rotatable bonds is 5. The molecule has 0 unspecified atom stereocenters.